The molecule has 1 aliphatic rings. The first-order chi connectivity index (χ1) is 10.2. The van der Waals surface area contributed by atoms with Gasteiger partial charge in [0.1, 0.15) is 0 Å². The summed E-state index contributed by atoms with van der Waals surface area (Å²) in [5.74, 6) is 1.61. The number of hydrazine groups is 1. The molecule has 106 valence electrons. The van der Waals surface area contributed by atoms with Gasteiger partial charge in [-0.05, 0) is 24.3 Å². The molecule has 0 aromatic heterocycles. The van der Waals surface area contributed by atoms with Crippen LogP contribution >= 0.6 is 0 Å². The average Bonchev–Trinajstić information content (AvgIpc) is 2.52. The first kappa shape index (κ1) is 13.2. The highest BCUT2D eigenvalue weighted by atomic mass is 15.7. The Morgan fingerprint density at radius 3 is 1.71 bits per heavy atom. The molecule has 0 saturated carbocycles. The van der Waals surface area contributed by atoms with Crippen LogP contribution in [0.5, 0.6) is 0 Å². The van der Waals surface area contributed by atoms with Gasteiger partial charge in [-0.25, -0.2) is 0 Å². The highest BCUT2D eigenvalue weighted by molar-refractivity contribution is 6.06. The fourth-order valence-corrected chi connectivity index (χ4v) is 2.22. The van der Waals surface area contributed by atoms with Crippen molar-refractivity contribution < 1.29 is 0 Å². The second-order valence-corrected chi connectivity index (χ2v) is 4.88. The Hall–Kier alpha value is -2.82. The van der Waals surface area contributed by atoms with Gasteiger partial charge in [0.2, 0.25) is 0 Å². The molecular weight excluding hydrogens is 262 g/mol. The van der Waals surface area contributed by atoms with Gasteiger partial charge >= 0.3 is 0 Å². The van der Waals surface area contributed by atoms with E-state index in [0.29, 0.717) is 0 Å². The van der Waals surface area contributed by atoms with Crippen LogP contribution in [0.2, 0.25) is 0 Å². The number of rotatable bonds is 2. The average molecular weight is 279 g/mol. The summed E-state index contributed by atoms with van der Waals surface area (Å²) >= 11 is 0. The fourth-order valence-electron chi connectivity index (χ4n) is 2.22. The molecule has 0 saturated heterocycles. The zero-order chi connectivity index (χ0) is 14.8. The zero-order valence-electron chi connectivity index (χ0n) is 12.1. The molecule has 2 aromatic carbocycles. The van der Waals surface area contributed by atoms with Gasteiger partial charge < -0.3 is 5.73 Å². The Bertz CT molecular complexity index is 688. The number of benzene rings is 2. The highest BCUT2D eigenvalue weighted by Gasteiger charge is 2.22. The zero-order valence-corrected chi connectivity index (χ0v) is 12.1. The number of hydrogen-bond acceptors (Lipinski definition) is 5. The second kappa shape index (κ2) is 5.28. The number of anilines is 1. The molecule has 0 fully saturated rings. The molecule has 5 heteroatoms. The lowest BCUT2D eigenvalue weighted by molar-refractivity contribution is 0.201. The van der Waals surface area contributed by atoms with Crippen molar-refractivity contribution in [1.82, 2.24) is 10.0 Å². The molecule has 1 aliphatic heterocycles. The number of nitrogens with zero attached hydrogens (tertiary/aromatic N) is 4. The molecule has 0 spiro atoms. The van der Waals surface area contributed by atoms with E-state index in [4.69, 9.17) is 5.73 Å². The summed E-state index contributed by atoms with van der Waals surface area (Å²) in [4.78, 5) is 0. The summed E-state index contributed by atoms with van der Waals surface area (Å²) in [7, 11) is 3.94. The maximum Gasteiger partial charge on any atom is 0.176 e. The van der Waals surface area contributed by atoms with E-state index >= 15 is 0 Å². The SMILES string of the molecule is CN1C(c2ccccc2)=NN=C(c2ccc(N)cc2)N1C. The molecule has 0 atom stereocenters. The minimum Gasteiger partial charge on any atom is -0.399 e. The Labute approximate surface area is 124 Å². The normalized spacial score (nSPS) is 14.8. The van der Waals surface area contributed by atoms with Crippen molar-refractivity contribution in [2.75, 3.05) is 19.8 Å². The summed E-state index contributed by atoms with van der Waals surface area (Å²) < 4.78 is 0. The smallest absolute Gasteiger partial charge is 0.176 e. The van der Waals surface area contributed by atoms with Crippen LogP contribution in [0, 0.1) is 0 Å². The first-order valence-electron chi connectivity index (χ1n) is 6.71. The number of amidine groups is 2. The van der Waals surface area contributed by atoms with Crippen molar-refractivity contribution in [1.29, 1.82) is 0 Å². The van der Waals surface area contributed by atoms with Gasteiger partial charge in [-0.3, -0.25) is 10.0 Å². The molecule has 3 rings (SSSR count). The lowest BCUT2D eigenvalue weighted by Crippen LogP contribution is -2.47. The molecule has 2 N–H and O–H groups in total. The molecular formula is C16H17N5. The predicted molar refractivity (Wildman–Crippen MR) is 85.9 cm³/mol. The van der Waals surface area contributed by atoms with E-state index in [1.807, 2.05) is 78.7 Å². The van der Waals surface area contributed by atoms with E-state index in [1.165, 1.54) is 0 Å². The van der Waals surface area contributed by atoms with Gasteiger partial charge in [-0.2, -0.15) is 0 Å². The standard InChI is InChI=1S/C16H17N5/c1-20-15(12-6-4-3-5-7-12)18-19-16(21(20)2)13-8-10-14(17)11-9-13/h3-11H,17H2,1-2H3. The van der Waals surface area contributed by atoms with E-state index in [-0.39, 0.29) is 0 Å². The van der Waals surface area contributed by atoms with Crippen LogP contribution in [0.4, 0.5) is 5.69 Å². The second-order valence-electron chi connectivity index (χ2n) is 4.88. The summed E-state index contributed by atoms with van der Waals surface area (Å²) in [6.07, 6.45) is 0. The molecule has 1 heterocycles. The van der Waals surface area contributed by atoms with Crippen LogP contribution in [0.25, 0.3) is 0 Å². The van der Waals surface area contributed by atoms with Crippen molar-refractivity contribution >= 4 is 17.4 Å². The Morgan fingerprint density at radius 1 is 0.714 bits per heavy atom. The molecule has 0 unspecified atom stereocenters. The van der Waals surface area contributed by atoms with Crippen LogP contribution < -0.4 is 5.73 Å². The maximum absolute atomic E-state index is 5.72. The number of nitrogen functional groups attached to an aromatic ring is 1. The van der Waals surface area contributed by atoms with Crippen molar-refractivity contribution in [3.63, 3.8) is 0 Å². The van der Waals surface area contributed by atoms with Crippen molar-refractivity contribution in [3.05, 3.63) is 65.7 Å². The van der Waals surface area contributed by atoms with Gasteiger partial charge in [0.15, 0.2) is 11.7 Å². The van der Waals surface area contributed by atoms with E-state index < -0.39 is 0 Å². The lowest BCUT2D eigenvalue weighted by atomic mass is 10.1. The molecule has 0 bridgehead atoms. The molecule has 5 nitrogen and oxygen atoms in total. The van der Waals surface area contributed by atoms with Crippen molar-refractivity contribution in [2.24, 2.45) is 10.2 Å². The van der Waals surface area contributed by atoms with Crippen molar-refractivity contribution in [2.45, 2.75) is 0 Å². The largest absolute Gasteiger partial charge is 0.399 e. The topological polar surface area (TPSA) is 57.2 Å². The third-order valence-corrected chi connectivity index (χ3v) is 3.50. The highest BCUT2D eigenvalue weighted by Crippen LogP contribution is 2.16. The Morgan fingerprint density at radius 2 is 1.19 bits per heavy atom. The lowest BCUT2D eigenvalue weighted by Gasteiger charge is -2.35. The third kappa shape index (κ3) is 2.45. The predicted octanol–water partition coefficient (Wildman–Crippen LogP) is 2.17. The maximum atomic E-state index is 5.72. The minimum absolute atomic E-state index is 0.736. The van der Waals surface area contributed by atoms with Crippen LogP contribution in [-0.2, 0) is 0 Å². The van der Waals surface area contributed by atoms with Crippen molar-refractivity contribution in [3.8, 4) is 0 Å². The Kier molecular flexibility index (Phi) is 3.31. The quantitative estimate of drug-likeness (QED) is 0.857. The van der Waals surface area contributed by atoms with Gasteiger partial charge in [0, 0.05) is 30.9 Å². The van der Waals surface area contributed by atoms with E-state index in [2.05, 4.69) is 10.2 Å². The van der Waals surface area contributed by atoms with E-state index in [1.54, 1.807) is 0 Å². The molecule has 0 radical (unpaired) electrons. The van der Waals surface area contributed by atoms with Crippen LogP contribution in [0.15, 0.2) is 64.8 Å². The van der Waals surface area contributed by atoms with Gasteiger partial charge in [0.05, 0.1) is 0 Å². The van der Waals surface area contributed by atoms with Crippen LogP contribution in [0.3, 0.4) is 0 Å². The van der Waals surface area contributed by atoms with Gasteiger partial charge in [-0.1, -0.05) is 30.3 Å². The van der Waals surface area contributed by atoms with Crippen LogP contribution in [-0.4, -0.2) is 35.8 Å². The summed E-state index contributed by atoms with van der Waals surface area (Å²) in [6, 6.07) is 17.6. The number of hydrogen-bond donors (Lipinski definition) is 1. The molecule has 0 aliphatic carbocycles. The van der Waals surface area contributed by atoms with Crippen LogP contribution in [0.1, 0.15) is 11.1 Å². The van der Waals surface area contributed by atoms with Gasteiger partial charge in [0.25, 0.3) is 0 Å². The van der Waals surface area contributed by atoms with Gasteiger partial charge in [-0.15, -0.1) is 10.2 Å². The molecule has 21 heavy (non-hydrogen) atoms. The fraction of sp³-hybridized carbons (Fsp3) is 0.125. The summed E-state index contributed by atoms with van der Waals surface area (Å²) in [6.45, 7) is 0. The number of nitrogens with two attached hydrogens (primary N) is 1. The minimum atomic E-state index is 0.736. The molecule has 0 amide bonds. The van der Waals surface area contributed by atoms with E-state index in [9.17, 15) is 0 Å². The summed E-state index contributed by atoms with van der Waals surface area (Å²) in [5, 5.41) is 12.7. The first-order valence-corrected chi connectivity index (χ1v) is 6.71. The monoisotopic (exact) mass is 279 g/mol. The van der Waals surface area contributed by atoms with E-state index in [0.717, 1.165) is 28.5 Å². The molecule has 2 aromatic rings. The third-order valence-electron chi connectivity index (χ3n) is 3.50. The summed E-state index contributed by atoms with van der Waals surface area (Å²) in [5.41, 5.74) is 8.48. The Balaban J connectivity index is 1.99.